The summed E-state index contributed by atoms with van der Waals surface area (Å²) in [6.45, 7) is 2.15. The van der Waals surface area contributed by atoms with Crippen LogP contribution in [-0.2, 0) is 0 Å². The second-order valence-corrected chi connectivity index (χ2v) is 4.07. The van der Waals surface area contributed by atoms with Crippen LogP contribution in [0.1, 0.15) is 16.6 Å². The predicted octanol–water partition coefficient (Wildman–Crippen LogP) is 1.84. The first-order chi connectivity index (χ1) is 5.66. The SMILES string of the molecule is CNC(c1sccc1C)N(C)C. The molecule has 1 unspecified atom stereocenters. The van der Waals surface area contributed by atoms with E-state index in [2.05, 4.69) is 42.7 Å². The molecule has 1 N–H and O–H groups in total. The van der Waals surface area contributed by atoms with Gasteiger partial charge in [0.15, 0.2) is 0 Å². The lowest BCUT2D eigenvalue weighted by atomic mass is 10.2. The first kappa shape index (κ1) is 9.71. The Bertz CT molecular complexity index is 242. The topological polar surface area (TPSA) is 15.3 Å². The van der Waals surface area contributed by atoms with Crippen molar-refractivity contribution >= 4 is 11.3 Å². The van der Waals surface area contributed by atoms with Gasteiger partial charge in [0.1, 0.15) is 0 Å². The summed E-state index contributed by atoms with van der Waals surface area (Å²) in [6.07, 6.45) is 0.352. The van der Waals surface area contributed by atoms with Gasteiger partial charge in [-0.15, -0.1) is 11.3 Å². The zero-order valence-corrected chi connectivity index (χ0v) is 8.90. The average molecular weight is 184 g/mol. The number of hydrogen-bond donors (Lipinski definition) is 1. The minimum Gasteiger partial charge on any atom is -0.300 e. The van der Waals surface area contributed by atoms with E-state index in [0.29, 0.717) is 6.17 Å². The molecule has 0 amide bonds. The molecule has 3 heteroatoms. The Balaban J connectivity index is 2.87. The Morgan fingerprint density at radius 3 is 2.50 bits per heavy atom. The van der Waals surface area contributed by atoms with E-state index in [4.69, 9.17) is 0 Å². The first-order valence-corrected chi connectivity index (χ1v) is 4.92. The van der Waals surface area contributed by atoms with Crippen molar-refractivity contribution in [2.75, 3.05) is 21.1 Å². The minimum atomic E-state index is 0.352. The molecule has 1 rings (SSSR count). The van der Waals surface area contributed by atoms with Gasteiger partial charge >= 0.3 is 0 Å². The summed E-state index contributed by atoms with van der Waals surface area (Å²) < 4.78 is 0. The minimum absolute atomic E-state index is 0.352. The van der Waals surface area contributed by atoms with Gasteiger partial charge in [-0.1, -0.05) is 0 Å². The van der Waals surface area contributed by atoms with Gasteiger partial charge in [-0.05, 0) is 45.1 Å². The summed E-state index contributed by atoms with van der Waals surface area (Å²) in [7, 11) is 6.16. The van der Waals surface area contributed by atoms with E-state index < -0.39 is 0 Å². The molecular formula is C9H16N2S. The number of hydrogen-bond acceptors (Lipinski definition) is 3. The second kappa shape index (κ2) is 4.03. The summed E-state index contributed by atoms with van der Waals surface area (Å²) >= 11 is 1.81. The Morgan fingerprint density at radius 1 is 1.50 bits per heavy atom. The highest BCUT2D eigenvalue weighted by Crippen LogP contribution is 2.24. The molecule has 0 radical (unpaired) electrons. The van der Waals surface area contributed by atoms with Gasteiger partial charge < -0.3 is 5.32 Å². The van der Waals surface area contributed by atoms with Crippen LogP contribution in [0, 0.1) is 6.92 Å². The molecule has 0 spiro atoms. The Morgan fingerprint density at radius 2 is 2.17 bits per heavy atom. The van der Waals surface area contributed by atoms with E-state index in [1.54, 1.807) is 11.3 Å². The summed E-state index contributed by atoms with van der Waals surface area (Å²) in [5, 5.41) is 5.42. The van der Waals surface area contributed by atoms with Gasteiger partial charge in [0.25, 0.3) is 0 Å². The van der Waals surface area contributed by atoms with Crippen molar-refractivity contribution in [3.63, 3.8) is 0 Å². The molecule has 1 atom stereocenters. The smallest absolute Gasteiger partial charge is 0.0950 e. The third kappa shape index (κ3) is 1.86. The van der Waals surface area contributed by atoms with Gasteiger partial charge in [-0.25, -0.2) is 0 Å². The summed E-state index contributed by atoms with van der Waals surface area (Å²) in [5.74, 6) is 0. The molecule has 68 valence electrons. The van der Waals surface area contributed by atoms with Crippen molar-refractivity contribution in [2.45, 2.75) is 13.1 Å². The number of nitrogens with one attached hydrogen (secondary N) is 1. The van der Waals surface area contributed by atoms with Crippen molar-refractivity contribution < 1.29 is 0 Å². The zero-order valence-electron chi connectivity index (χ0n) is 8.09. The van der Waals surface area contributed by atoms with Crippen LogP contribution in [0.2, 0.25) is 0 Å². The largest absolute Gasteiger partial charge is 0.300 e. The van der Waals surface area contributed by atoms with Crippen molar-refractivity contribution in [3.8, 4) is 0 Å². The van der Waals surface area contributed by atoms with E-state index in [-0.39, 0.29) is 0 Å². The number of nitrogens with zero attached hydrogens (tertiary/aromatic N) is 1. The van der Waals surface area contributed by atoms with Crippen molar-refractivity contribution in [1.82, 2.24) is 10.2 Å². The van der Waals surface area contributed by atoms with Gasteiger partial charge in [-0.3, -0.25) is 4.90 Å². The normalized spacial score (nSPS) is 13.8. The average Bonchev–Trinajstić information content (AvgIpc) is 2.38. The van der Waals surface area contributed by atoms with Crippen molar-refractivity contribution in [3.05, 3.63) is 21.9 Å². The molecule has 1 aromatic rings. The quantitative estimate of drug-likeness (QED) is 0.721. The highest BCUT2D eigenvalue weighted by molar-refractivity contribution is 7.10. The Kier molecular flexibility index (Phi) is 3.26. The lowest BCUT2D eigenvalue weighted by molar-refractivity contribution is 0.268. The van der Waals surface area contributed by atoms with Crippen molar-refractivity contribution in [1.29, 1.82) is 0 Å². The standard InChI is InChI=1S/C9H16N2S/c1-7-5-6-12-8(7)9(10-2)11(3)4/h5-6,9-10H,1-4H3. The molecule has 0 aliphatic carbocycles. The van der Waals surface area contributed by atoms with Crippen molar-refractivity contribution in [2.24, 2.45) is 0 Å². The molecule has 0 saturated heterocycles. The van der Waals surface area contributed by atoms with E-state index >= 15 is 0 Å². The lowest BCUT2D eigenvalue weighted by Crippen LogP contribution is -2.30. The fraction of sp³-hybridized carbons (Fsp3) is 0.556. The lowest BCUT2D eigenvalue weighted by Gasteiger charge is -2.23. The van der Waals surface area contributed by atoms with Crippen LogP contribution in [0.15, 0.2) is 11.4 Å². The fourth-order valence-corrected chi connectivity index (χ4v) is 2.42. The second-order valence-electron chi connectivity index (χ2n) is 3.12. The van der Waals surface area contributed by atoms with E-state index in [9.17, 15) is 0 Å². The molecule has 0 saturated carbocycles. The highest BCUT2D eigenvalue weighted by Gasteiger charge is 2.14. The first-order valence-electron chi connectivity index (χ1n) is 4.04. The maximum atomic E-state index is 3.28. The highest BCUT2D eigenvalue weighted by atomic mass is 32.1. The molecule has 0 bridgehead atoms. The summed E-state index contributed by atoms with van der Waals surface area (Å²) in [4.78, 5) is 3.58. The maximum absolute atomic E-state index is 3.28. The molecule has 0 aliphatic rings. The van der Waals surface area contributed by atoms with E-state index in [0.717, 1.165) is 0 Å². The van der Waals surface area contributed by atoms with Crippen LogP contribution >= 0.6 is 11.3 Å². The molecule has 1 heterocycles. The van der Waals surface area contributed by atoms with Crippen LogP contribution in [0.5, 0.6) is 0 Å². The van der Waals surface area contributed by atoms with E-state index in [1.165, 1.54) is 10.4 Å². The number of rotatable bonds is 3. The third-order valence-electron chi connectivity index (χ3n) is 1.94. The number of aryl methyl sites for hydroxylation is 1. The van der Waals surface area contributed by atoms with Gasteiger partial charge in [0.05, 0.1) is 6.17 Å². The molecule has 1 aromatic heterocycles. The fourth-order valence-electron chi connectivity index (χ4n) is 1.29. The number of thiophene rings is 1. The van der Waals surface area contributed by atoms with Crippen LogP contribution in [-0.4, -0.2) is 26.0 Å². The van der Waals surface area contributed by atoms with Gasteiger partial charge in [-0.2, -0.15) is 0 Å². The zero-order chi connectivity index (χ0) is 9.14. The monoisotopic (exact) mass is 184 g/mol. The van der Waals surface area contributed by atoms with E-state index in [1.807, 2.05) is 7.05 Å². The Labute approximate surface area is 78.2 Å². The van der Waals surface area contributed by atoms with Crippen LogP contribution in [0.25, 0.3) is 0 Å². The molecule has 0 aliphatic heterocycles. The summed E-state index contributed by atoms with van der Waals surface area (Å²) in [5.41, 5.74) is 1.37. The van der Waals surface area contributed by atoms with Gasteiger partial charge in [0.2, 0.25) is 0 Å². The maximum Gasteiger partial charge on any atom is 0.0950 e. The third-order valence-corrected chi connectivity index (χ3v) is 3.01. The van der Waals surface area contributed by atoms with Gasteiger partial charge in [0, 0.05) is 4.88 Å². The van der Waals surface area contributed by atoms with Crippen LogP contribution in [0.4, 0.5) is 0 Å². The molecule has 0 aromatic carbocycles. The predicted molar refractivity (Wildman–Crippen MR) is 54.5 cm³/mol. The molecule has 2 nitrogen and oxygen atoms in total. The molecule has 0 fully saturated rings. The molecule has 12 heavy (non-hydrogen) atoms. The van der Waals surface area contributed by atoms with Crippen LogP contribution in [0.3, 0.4) is 0 Å². The molecular weight excluding hydrogens is 168 g/mol. The van der Waals surface area contributed by atoms with Crippen LogP contribution < -0.4 is 5.32 Å². The summed E-state index contributed by atoms with van der Waals surface area (Å²) in [6, 6.07) is 2.16. The Hall–Kier alpha value is -0.380.